The van der Waals surface area contributed by atoms with Gasteiger partial charge >= 0.3 is 0 Å². The number of carbonyl (C=O) groups excluding carboxylic acids is 1. The van der Waals surface area contributed by atoms with Crippen molar-refractivity contribution in [3.05, 3.63) is 20.8 Å². The highest BCUT2D eigenvalue weighted by molar-refractivity contribution is 9.10. The molecule has 2 aliphatic rings. The minimum atomic E-state index is -0.0150. The average molecular weight is 334 g/mol. The van der Waals surface area contributed by atoms with Crippen molar-refractivity contribution >= 4 is 44.7 Å². The van der Waals surface area contributed by atoms with Gasteiger partial charge in [-0.1, -0.05) is 46.8 Å². The van der Waals surface area contributed by atoms with Crippen molar-refractivity contribution in [3.8, 4) is 0 Å². The molecule has 17 heavy (non-hydrogen) atoms. The number of hydrogen-bond donors (Lipinski definition) is 0. The summed E-state index contributed by atoms with van der Waals surface area (Å²) in [7, 11) is 0. The normalized spacial score (nSPS) is 27.2. The van der Waals surface area contributed by atoms with Crippen molar-refractivity contribution in [3.63, 3.8) is 0 Å². The van der Waals surface area contributed by atoms with E-state index in [4.69, 9.17) is 11.6 Å². The molecule has 0 aliphatic heterocycles. The van der Waals surface area contributed by atoms with E-state index < -0.39 is 0 Å². The Morgan fingerprint density at radius 3 is 2.76 bits per heavy atom. The van der Waals surface area contributed by atoms with E-state index in [1.165, 1.54) is 37.0 Å². The maximum absolute atomic E-state index is 12.2. The maximum Gasteiger partial charge on any atom is 0.177 e. The second kappa shape index (κ2) is 4.36. The summed E-state index contributed by atoms with van der Waals surface area (Å²) in [4.78, 5) is 13.4. The minimum Gasteiger partial charge on any atom is -0.293 e. The van der Waals surface area contributed by atoms with E-state index >= 15 is 0 Å². The Kier molecular flexibility index (Phi) is 3.12. The third-order valence-electron chi connectivity index (χ3n) is 4.11. The molecule has 1 fully saturated rings. The second-order valence-corrected chi connectivity index (χ2v) is 7.96. The summed E-state index contributed by atoms with van der Waals surface area (Å²) in [5.41, 5.74) is 1.11. The molecule has 0 bridgehead atoms. The van der Waals surface area contributed by atoms with Crippen LogP contribution in [0.4, 0.5) is 0 Å². The molecule has 3 rings (SSSR count). The lowest BCUT2D eigenvalue weighted by Crippen LogP contribution is -2.39. The van der Waals surface area contributed by atoms with E-state index in [9.17, 15) is 4.79 Å². The summed E-state index contributed by atoms with van der Waals surface area (Å²) < 4.78 is 0.759. The zero-order valence-electron chi connectivity index (χ0n) is 9.47. The number of ketones is 1. The largest absolute Gasteiger partial charge is 0.293 e. The first kappa shape index (κ1) is 12.2. The smallest absolute Gasteiger partial charge is 0.177 e. The first-order valence-electron chi connectivity index (χ1n) is 6.10. The summed E-state index contributed by atoms with van der Waals surface area (Å²) in [6.45, 7) is 0. The Bertz CT molecular complexity index is 462. The molecular weight excluding hydrogens is 320 g/mol. The van der Waals surface area contributed by atoms with Gasteiger partial charge in [-0.2, -0.15) is 0 Å². The fourth-order valence-electron chi connectivity index (χ4n) is 3.29. The van der Waals surface area contributed by atoms with Crippen molar-refractivity contribution in [1.29, 1.82) is 0 Å². The van der Waals surface area contributed by atoms with E-state index in [0.29, 0.717) is 0 Å². The quantitative estimate of drug-likeness (QED) is 0.614. The number of carbonyl (C=O) groups is 1. The van der Waals surface area contributed by atoms with Crippen LogP contribution >= 0.6 is 38.9 Å². The SMILES string of the molecule is O=C1c2cc(Cl)sc2C2(CCCCC2)C[C@@H]1Br. The third kappa shape index (κ3) is 1.91. The Morgan fingerprint density at radius 1 is 1.35 bits per heavy atom. The van der Waals surface area contributed by atoms with Crippen molar-refractivity contribution < 1.29 is 4.79 Å². The molecule has 1 atom stereocenters. The minimum absolute atomic E-state index is 0.0150. The topological polar surface area (TPSA) is 17.1 Å². The van der Waals surface area contributed by atoms with Crippen LogP contribution in [0.25, 0.3) is 0 Å². The van der Waals surface area contributed by atoms with Crippen LogP contribution in [0.15, 0.2) is 6.07 Å². The van der Waals surface area contributed by atoms with Crippen LogP contribution < -0.4 is 0 Å². The van der Waals surface area contributed by atoms with Crippen LogP contribution in [0.5, 0.6) is 0 Å². The average Bonchev–Trinajstić information content (AvgIpc) is 2.71. The molecule has 1 nitrogen and oxygen atoms in total. The molecule has 0 amide bonds. The van der Waals surface area contributed by atoms with Gasteiger partial charge in [0.15, 0.2) is 5.78 Å². The van der Waals surface area contributed by atoms with Gasteiger partial charge in [0, 0.05) is 15.9 Å². The zero-order valence-corrected chi connectivity index (χ0v) is 12.6. The van der Waals surface area contributed by atoms with Crippen LogP contribution in [0.1, 0.15) is 53.8 Å². The molecule has 92 valence electrons. The van der Waals surface area contributed by atoms with E-state index in [0.717, 1.165) is 16.3 Å². The van der Waals surface area contributed by atoms with Crippen molar-refractivity contribution in [2.24, 2.45) is 0 Å². The highest BCUT2D eigenvalue weighted by Gasteiger charge is 2.45. The van der Waals surface area contributed by atoms with Gasteiger partial charge in [0.25, 0.3) is 0 Å². The van der Waals surface area contributed by atoms with Crippen molar-refractivity contribution in [1.82, 2.24) is 0 Å². The van der Waals surface area contributed by atoms with Crippen LogP contribution in [0, 0.1) is 0 Å². The number of fused-ring (bicyclic) bond motifs is 2. The van der Waals surface area contributed by atoms with E-state index in [2.05, 4.69) is 15.9 Å². The molecule has 1 aromatic rings. The molecule has 1 saturated carbocycles. The molecule has 4 heteroatoms. The zero-order chi connectivity index (χ0) is 12.0. The van der Waals surface area contributed by atoms with Gasteiger partial charge in [-0.25, -0.2) is 0 Å². The molecule has 0 unspecified atom stereocenters. The predicted molar refractivity (Wildman–Crippen MR) is 75.8 cm³/mol. The summed E-state index contributed by atoms with van der Waals surface area (Å²) in [6, 6.07) is 1.87. The number of thiophene rings is 1. The van der Waals surface area contributed by atoms with Crippen LogP contribution in [-0.2, 0) is 5.41 Å². The Balaban J connectivity index is 2.11. The number of halogens is 2. The molecule has 1 heterocycles. The van der Waals surface area contributed by atoms with Gasteiger partial charge < -0.3 is 0 Å². The number of hydrogen-bond acceptors (Lipinski definition) is 2. The summed E-state index contributed by atoms with van der Waals surface area (Å²) >= 11 is 11.3. The van der Waals surface area contributed by atoms with E-state index in [1.54, 1.807) is 11.3 Å². The van der Waals surface area contributed by atoms with Gasteiger partial charge in [0.05, 0.1) is 9.16 Å². The number of alkyl halides is 1. The standard InChI is InChI=1S/C13H14BrClOS/c14-9-7-13(4-2-1-3-5-13)12-8(11(9)16)6-10(15)17-12/h6,9H,1-5,7H2/t9-/m0/s1. The van der Waals surface area contributed by atoms with Gasteiger partial charge in [0.2, 0.25) is 0 Å². The first-order chi connectivity index (χ1) is 8.12. The monoisotopic (exact) mass is 332 g/mol. The lowest BCUT2D eigenvalue weighted by atomic mass is 9.66. The fourth-order valence-corrected chi connectivity index (χ4v) is 5.65. The number of rotatable bonds is 0. The highest BCUT2D eigenvalue weighted by Crippen LogP contribution is 2.52. The summed E-state index contributed by atoms with van der Waals surface area (Å²) in [6.07, 6.45) is 7.27. The lowest BCUT2D eigenvalue weighted by Gasteiger charge is -2.41. The Hall–Kier alpha value is 0.140. The predicted octanol–water partition coefficient (Wildman–Crippen LogP) is 4.95. The lowest BCUT2D eigenvalue weighted by molar-refractivity contribution is 0.0953. The maximum atomic E-state index is 12.2. The summed E-state index contributed by atoms with van der Waals surface area (Å²) in [5, 5.41) is 0. The van der Waals surface area contributed by atoms with Crippen LogP contribution in [0.3, 0.4) is 0 Å². The van der Waals surface area contributed by atoms with Gasteiger partial charge in [-0.05, 0) is 25.3 Å². The fraction of sp³-hybridized carbons (Fsp3) is 0.615. The van der Waals surface area contributed by atoms with E-state index in [-0.39, 0.29) is 16.0 Å². The van der Waals surface area contributed by atoms with Gasteiger partial charge in [-0.15, -0.1) is 11.3 Å². The molecule has 0 saturated heterocycles. The van der Waals surface area contributed by atoms with Crippen molar-refractivity contribution in [2.75, 3.05) is 0 Å². The van der Waals surface area contributed by atoms with E-state index in [1.807, 2.05) is 6.07 Å². The molecule has 2 aliphatic carbocycles. The Labute approximate surface area is 119 Å². The molecule has 1 spiro atoms. The van der Waals surface area contributed by atoms with Crippen molar-refractivity contribution in [2.45, 2.75) is 48.8 Å². The molecule has 0 aromatic carbocycles. The molecular formula is C13H14BrClOS. The summed E-state index contributed by atoms with van der Waals surface area (Å²) in [5.74, 6) is 0.222. The molecule has 1 aromatic heterocycles. The highest BCUT2D eigenvalue weighted by atomic mass is 79.9. The second-order valence-electron chi connectivity index (χ2n) is 5.17. The van der Waals surface area contributed by atoms with Crippen LogP contribution in [-0.4, -0.2) is 10.6 Å². The van der Waals surface area contributed by atoms with Gasteiger partial charge in [0.1, 0.15) is 0 Å². The van der Waals surface area contributed by atoms with Gasteiger partial charge in [-0.3, -0.25) is 4.79 Å². The Morgan fingerprint density at radius 2 is 2.06 bits per heavy atom. The third-order valence-corrected chi connectivity index (χ3v) is 6.36. The first-order valence-corrected chi connectivity index (χ1v) is 8.21. The molecule has 0 N–H and O–H groups in total. The number of Topliss-reactive ketones (excluding diaryl/α,β-unsaturated/α-hetero) is 1. The molecule has 0 radical (unpaired) electrons. The van der Waals surface area contributed by atoms with Crippen LogP contribution in [0.2, 0.25) is 4.34 Å².